The van der Waals surface area contributed by atoms with Gasteiger partial charge >= 0.3 is 5.97 Å². The third kappa shape index (κ3) is 3.07. The van der Waals surface area contributed by atoms with Crippen LogP contribution in [0.25, 0.3) is 0 Å². The van der Waals surface area contributed by atoms with Gasteiger partial charge in [-0.3, -0.25) is 4.79 Å². The number of aliphatic carboxylic acids is 1. The summed E-state index contributed by atoms with van der Waals surface area (Å²) >= 11 is 0. The van der Waals surface area contributed by atoms with Gasteiger partial charge in [-0.1, -0.05) is 45.4 Å². The zero-order chi connectivity index (χ0) is 15.6. The number of carboxylic acid groups (broad SMARTS) is 1. The Hall–Kier alpha value is -1.51. The smallest absolute Gasteiger partial charge is 0.306 e. The Bertz CT molecular complexity index is 510. The number of unbranched alkanes of at least 4 members (excludes halogenated alkanes) is 1. The van der Waals surface area contributed by atoms with Crippen molar-refractivity contribution >= 4 is 11.7 Å². The van der Waals surface area contributed by atoms with Crippen LogP contribution in [-0.4, -0.2) is 23.7 Å². The van der Waals surface area contributed by atoms with Gasteiger partial charge in [0.15, 0.2) is 0 Å². The van der Waals surface area contributed by atoms with E-state index in [4.69, 9.17) is 5.11 Å². The predicted octanol–water partition coefficient (Wildman–Crippen LogP) is 4.06. The summed E-state index contributed by atoms with van der Waals surface area (Å²) in [6, 6.07) is 9.14. The summed E-state index contributed by atoms with van der Waals surface area (Å²) in [7, 11) is 0. The minimum atomic E-state index is -0.684. The first kappa shape index (κ1) is 15.9. The first-order valence-electron chi connectivity index (χ1n) is 7.94. The average molecular weight is 289 g/mol. The van der Waals surface area contributed by atoms with E-state index in [0.717, 1.165) is 25.8 Å². The molecule has 0 aliphatic carbocycles. The molecule has 0 amide bonds. The number of hydrogen-bond donors (Lipinski definition) is 1. The summed E-state index contributed by atoms with van der Waals surface area (Å²) in [5.41, 5.74) is 2.95. The van der Waals surface area contributed by atoms with Gasteiger partial charge in [0.25, 0.3) is 0 Å². The van der Waals surface area contributed by atoms with Crippen LogP contribution in [0, 0.1) is 5.92 Å². The Labute approximate surface area is 128 Å². The zero-order valence-corrected chi connectivity index (χ0v) is 13.6. The minimum absolute atomic E-state index is 0.172. The second kappa shape index (κ2) is 6.08. The summed E-state index contributed by atoms with van der Waals surface area (Å²) in [4.78, 5) is 13.3. The van der Waals surface area contributed by atoms with Crippen molar-refractivity contribution in [3.8, 4) is 0 Å². The summed E-state index contributed by atoms with van der Waals surface area (Å²) in [6.45, 7) is 9.71. The molecule has 21 heavy (non-hydrogen) atoms. The minimum Gasteiger partial charge on any atom is -0.481 e. The molecule has 2 atom stereocenters. The van der Waals surface area contributed by atoms with Crippen LogP contribution < -0.4 is 4.90 Å². The summed E-state index contributed by atoms with van der Waals surface area (Å²) < 4.78 is 0. The number of carboxylic acids is 1. The van der Waals surface area contributed by atoms with Gasteiger partial charge in [-0.15, -0.1) is 0 Å². The van der Waals surface area contributed by atoms with Crippen molar-refractivity contribution in [1.82, 2.24) is 0 Å². The fourth-order valence-electron chi connectivity index (χ4n) is 3.26. The molecule has 0 spiro atoms. The molecule has 0 fully saturated rings. The maximum atomic E-state index is 10.8. The van der Waals surface area contributed by atoms with E-state index < -0.39 is 5.97 Å². The standard InChI is InChI=1S/C18H27NO2/c1-13(17(20)21)9-7-8-12-19-14(2)18(3,4)15-10-5-6-11-16(15)19/h5-6,10-11,13-14H,7-9,12H2,1-4H3,(H,20,21). The quantitative estimate of drug-likeness (QED) is 0.803. The second-order valence-electron chi connectivity index (χ2n) is 6.84. The molecule has 2 unspecified atom stereocenters. The third-order valence-corrected chi connectivity index (χ3v) is 5.13. The van der Waals surface area contributed by atoms with Gasteiger partial charge in [-0.25, -0.2) is 0 Å². The van der Waals surface area contributed by atoms with Crippen molar-refractivity contribution in [2.45, 2.75) is 58.4 Å². The monoisotopic (exact) mass is 289 g/mol. The highest BCUT2D eigenvalue weighted by Crippen LogP contribution is 2.44. The third-order valence-electron chi connectivity index (χ3n) is 5.13. The molecule has 3 heteroatoms. The van der Waals surface area contributed by atoms with Crippen LogP contribution in [0.15, 0.2) is 24.3 Å². The molecule has 2 rings (SSSR count). The van der Waals surface area contributed by atoms with E-state index in [-0.39, 0.29) is 11.3 Å². The van der Waals surface area contributed by atoms with Crippen molar-refractivity contribution in [3.05, 3.63) is 29.8 Å². The first-order chi connectivity index (χ1) is 9.85. The molecule has 1 N–H and O–H groups in total. The van der Waals surface area contributed by atoms with E-state index in [1.165, 1.54) is 11.3 Å². The van der Waals surface area contributed by atoms with Crippen molar-refractivity contribution in [3.63, 3.8) is 0 Å². The largest absolute Gasteiger partial charge is 0.481 e. The van der Waals surface area contributed by atoms with Crippen molar-refractivity contribution in [2.24, 2.45) is 5.92 Å². The number of hydrogen-bond acceptors (Lipinski definition) is 2. The molecule has 1 aromatic carbocycles. The fourth-order valence-corrected chi connectivity index (χ4v) is 3.26. The van der Waals surface area contributed by atoms with Crippen molar-refractivity contribution < 1.29 is 9.90 Å². The molecular formula is C18H27NO2. The van der Waals surface area contributed by atoms with Crippen molar-refractivity contribution in [2.75, 3.05) is 11.4 Å². The van der Waals surface area contributed by atoms with E-state index >= 15 is 0 Å². The Morgan fingerprint density at radius 1 is 1.33 bits per heavy atom. The van der Waals surface area contributed by atoms with Crippen LogP contribution in [0.3, 0.4) is 0 Å². The van der Waals surface area contributed by atoms with Crippen LogP contribution in [0.2, 0.25) is 0 Å². The molecule has 3 nitrogen and oxygen atoms in total. The average Bonchev–Trinajstić information content (AvgIpc) is 2.64. The SMILES string of the molecule is CC(CCCCN1c2ccccc2C(C)(C)C1C)C(=O)O. The number of nitrogens with zero attached hydrogens (tertiary/aromatic N) is 1. The van der Waals surface area contributed by atoms with Gasteiger partial charge in [0.05, 0.1) is 5.92 Å². The highest BCUT2D eigenvalue weighted by molar-refractivity contribution is 5.69. The number of fused-ring (bicyclic) bond motifs is 1. The lowest BCUT2D eigenvalue weighted by atomic mass is 9.81. The fraction of sp³-hybridized carbons (Fsp3) is 0.611. The lowest BCUT2D eigenvalue weighted by molar-refractivity contribution is -0.141. The zero-order valence-electron chi connectivity index (χ0n) is 13.6. The Balaban J connectivity index is 1.97. The molecule has 1 aliphatic rings. The summed E-state index contributed by atoms with van der Waals surface area (Å²) in [6.07, 6.45) is 2.79. The molecule has 1 heterocycles. The van der Waals surface area contributed by atoms with Gasteiger partial charge < -0.3 is 10.0 Å². The Morgan fingerprint density at radius 3 is 2.67 bits per heavy atom. The molecule has 0 saturated heterocycles. The topological polar surface area (TPSA) is 40.5 Å². The first-order valence-corrected chi connectivity index (χ1v) is 7.94. The van der Waals surface area contributed by atoms with E-state index in [0.29, 0.717) is 6.04 Å². The maximum absolute atomic E-state index is 10.8. The van der Waals surface area contributed by atoms with E-state index in [1.807, 2.05) is 0 Å². The van der Waals surface area contributed by atoms with Gasteiger partial charge in [0.2, 0.25) is 0 Å². The van der Waals surface area contributed by atoms with Crippen LogP contribution >= 0.6 is 0 Å². The Kier molecular flexibility index (Phi) is 4.60. The number of benzene rings is 1. The van der Waals surface area contributed by atoms with E-state index in [2.05, 4.69) is 49.9 Å². The normalized spacial score (nSPS) is 21.1. The van der Waals surface area contributed by atoms with E-state index in [1.54, 1.807) is 6.92 Å². The van der Waals surface area contributed by atoms with Crippen LogP contribution in [0.1, 0.15) is 52.5 Å². The molecule has 0 saturated carbocycles. The number of anilines is 1. The van der Waals surface area contributed by atoms with Crippen molar-refractivity contribution in [1.29, 1.82) is 0 Å². The molecule has 1 aliphatic heterocycles. The molecule has 0 bridgehead atoms. The number of para-hydroxylation sites is 1. The molecule has 0 aromatic heterocycles. The Morgan fingerprint density at radius 2 is 2.00 bits per heavy atom. The van der Waals surface area contributed by atoms with Gasteiger partial charge in [-0.05, 0) is 31.4 Å². The molecule has 1 aromatic rings. The highest BCUT2D eigenvalue weighted by atomic mass is 16.4. The van der Waals surface area contributed by atoms with Gasteiger partial charge in [0.1, 0.15) is 0 Å². The highest BCUT2D eigenvalue weighted by Gasteiger charge is 2.40. The van der Waals surface area contributed by atoms with Gasteiger partial charge in [-0.2, -0.15) is 0 Å². The van der Waals surface area contributed by atoms with Crippen LogP contribution in [-0.2, 0) is 10.2 Å². The molecule has 116 valence electrons. The summed E-state index contributed by atoms with van der Waals surface area (Å²) in [5.74, 6) is -0.916. The molecule has 0 radical (unpaired) electrons. The number of carbonyl (C=O) groups is 1. The lowest BCUT2D eigenvalue weighted by Gasteiger charge is -2.31. The van der Waals surface area contributed by atoms with Crippen LogP contribution in [0.5, 0.6) is 0 Å². The predicted molar refractivity (Wildman–Crippen MR) is 86.9 cm³/mol. The maximum Gasteiger partial charge on any atom is 0.306 e. The van der Waals surface area contributed by atoms with Gasteiger partial charge in [0, 0.05) is 23.7 Å². The lowest BCUT2D eigenvalue weighted by Crippen LogP contribution is -2.39. The number of rotatable bonds is 6. The summed E-state index contributed by atoms with van der Waals surface area (Å²) in [5, 5.41) is 8.92. The van der Waals surface area contributed by atoms with Crippen LogP contribution in [0.4, 0.5) is 5.69 Å². The van der Waals surface area contributed by atoms with E-state index in [9.17, 15) is 4.79 Å². The molecular weight excluding hydrogens is 262 g/mol. The second-order valence-corrected chi connectivity index (χ2v) is 6.84.